The maximum Gasteiger partial charge on any atom is 0.338 e. The van der Waals surface area contributed by atoms with Crippen LogP contribution in [0, 0.1) is 0 Å². The molecule has 1 aromatic heterocycles. The van der Waals surface area contributed by atoms with Crippen molar-refractivity contribution in [1.82, 2.24) is 14.8 Å². The first-order chi connectivity index (χ1) is 16.6. The van der Waals surface area contributed by atoms with E-state index in [1.165, 1.54) is 11.8 Å². The number of aromatic nitrogens is 3. The molecular formula is C25H28N4O4S. The van der Waals surface area contributed by atoms with Gasteiger partial charge in [-0.05, 0) is 42.8 Å². The second-order valence-electron chi connectivity index (χ2n) is 7.31. The highest BCUT2D eigenvalue weighted by Crippen LogP contribution is 2.31. The number of para-hydroxylation sites is 1. The molecule has 34 heavy (non-hydrogen) atoms. The number of hydrogen-bond acceptors (Lipinski definition) is 7. The number of amides is 1. The highest BCUT2D eigenvalue weighted by Gasteiger charge is 2.18. The molecule has 178 valence electrons. The molecule has 1 heterocycles. The van der Waals surface area contributed by atoms with E-state index in [0.717, 1.165) is 18.4 Å². The summed E-state index contributed by atoms with van der Waals surface area (Å²) in [5, 5.41) is 12.0. The predicted molar refractivity (Wildman–Crippen MR) is 133 cm³/mol. The summed E-state index contributed by atoms with van der Waals surface area (Å²) in [5.74, 6) is 0.903. The van der Waals surface area contributed by atoms with Crippen molar-refractivity contribution in [2.45, 2.75) is 31.5 Å². The quantitative estimate of drug-likeness (QED) is 0.172. The molecule has 8 nitrogen and oxygen atoms in total. The van der Waals surface area contributed by atoms with E-state index in [0.29, 0.717) is 41.1 Å². The fourth-order valence-electron chi connectivity index (χ4n) is 3.13. The minimum Gasteiger partial charge on any atom is -0.496 e. The van der Waals surface area contributed by atoms with Crippen LogP contribution in [0.1, 0.15) is 30.1 Å². The minimum absolute atomic E-state index is 0.141. The third kappa shape index (κ3) is 6.48. The maximum absolute atomic E-state index is 12.5. The zero-order valence-electron chi connectivity index (χ0n) is 19.3. The van der Waals surface area contributed by atoms with Crippen molar-refractivity contribution in [1.29, 1.82) is 0 Å². The molecule has 0 saturated carbocycles. The molecule has 0 saturated heterocycles. The van der Waals surface area contributed by atoms with Crippen LogP contribution < -0.4 is 10.1 Å². The topological polar surface area (TPSA) is 95.3 Å². The van der Waals surface area contributed by atoms with Gasteiger partial charge in [-0.2, -0.15) is 0 Å². The third-order valence-electron chi connectivity index (χ3n) is 4.84. The average Bonchev–Trinajstić information content (AvgIpc) is 3.25. The van der Waals surface area contributed by atoms with Crippen molar-refractivity contribution < 1.29 is 19.1 Å². The summed E-state index contributed by atoms with van der Waals surface area (Å²) >= 11 is 1.28. The van der Waals surface area contributed by atoms with Gasteiger partial charge in [0.1, 0.15) is 5.75 Å². The lowest BCUT2D eigenvalue weighted by molar-refractivity contribution is -0.113. The Balaban J connectivity index is 1.62. The second kappa shape index (κ2) is 12.6. The van der Waals surface area contributed by atoms with E-state index >= 15 is 0 Å². The molecule has 3 rings (SSSR count). The fraction of sp³-hybridized carbons (Fsp3) is 0.280. The molecule has 0 aliphatic rings. The highest BCUT2D eigenvalue weighted by molar-refractivity contribution is 7.99. The van der Waals surface area contributed by atoms with Gasteiger partial charge in [-0.1, -0.05) is 43.3 Å². The lowest BCUT2D eigenvalue weighted by atomic mass is 10.2. The number of nitrogens with zero attached hydrogens (tertiary/aromatic N) is 3. The maximum atomic E-state index is 12.5. The fourth-order valence-corrected chi connectivity index (χ4v) is 3.87. The number of carbonyl (C=O) groups is 2. The molecule has 1 amide bonds. The number of esters is 1. The number of unbranched alkanes of at least 4 members (excludes halogenated alkanes) is 1. The number of hydrogen-bond donors (Lipinski definition) is 1. The molecule has 9 heteroatoms. The van der Waals surface area contributed by atoms with Gasteiger partial charge in [0.05, 0.1) is 30.6 Å². The molecule has 1 N–H and O–H groups in total. The summed E-state index contributed by atoms with van der Waals surface area (Å²) < 4.78 is 12.5. The van der Waals surface area contributed by atoms with Gasteiger partial charge in [0.15, 0.2) is 11.0 Å². The van der Waals surface area contributed by atoms with Gasteiger partial charge >= 0.3 is 5.97 Å². The zero-order valence-corrected chi connectivity index (χ0v) is 20.1. The normalized spacial score (nSPS) is 10.5. The summed E-state index contributed by atoms with van der Waals surface area (Å²) in [5.41, 5.74) is 1.85. The Hall–Kier alpha value is -3.59. The smallest absolute Gasteiger partial charge is 0.338 e. The van der Waals surface area contributed by atoms with Gasteiger partial charge in [-0.15, -0.1) is 16.8 Å². The highest BCUT2D eigenvalue weighted by atomic mass is 32.2. The molecule has 2 aromatic carbocycles. The van der Waals surface area contributed by atoms with Crippen molar-refractivity contribution in [2.75, 3.05) is 24.8 Å². The van der Waals surface area contributed by atoms with E-state index in [4.69, 9.17) is 9.47 Å². The number of nitrogens with one attached hydrogen (secondary N) is 1. The van der Waals surface area contributed by atoms with Crippen LogP contribution in [-0.4, -0.2) is 46.1 Å². The Morgan fingerprint density at radius 2 is 1.91 bits per heavy atom. The number of allylic oxidation sites excluding steroid dienone is 1. The summed E-state index contributed by atoms with van der Waals surface area (Å²) in [7, 11) is 1.61. The summed E-state index contributed by atoms with van der Waals surface area (Å²) in [4.78, 5) is 24.5. The lowest BCUT2D eigenvalue weighted by Crippen LogP contribution is -2.15. The first-order valence-electron chi connectivity index (χ1n) is 10.9. The van der Waals surface area contributed by atoms with Crippen LogP contribution in [-0.2, 0) is 16.1 Å². The molecule has 0 aliphatic carbocycles. The van der Waals surface area contributed by atoms with Crippen molar-refractivity contribution in [3.63, 3.8) is 0 Å². The first kappa shape index (κ1) is 25.0. The Bertz CT molecular complexity index is 1130. The zero-order chi connectivity index (χ0) is 24.3. The average molecular weight is 481 g/mol. The van der Waals surface area contributed by atoms with Gasteiger partial charge in [0, 0.05) is 12.2 Å². The number of benzene rings is 2. The monoisotopic (exact) mass is 480 g/mol. The van der Waals surface area contributed by atoms with Gasteiger partial charge in [-0.25, -0.2) is 4.79 Å². The molecule has 0 unspecified atom stereocenters. The first-order valence-corrected chi connectivity index (χ1v) is 11.9. The van der Waals surface area contributed by atoms with Crippen molar-refractivity contribution >= 4 is 29.3 Å². The Kier molecular flexibility index (Phi) is 9.28. The number of anilines is 1. The molecule has 0 atom stereocenters. The van der Waals surface area contributed by atoms with Crippen LogP contribution in [0.2, 0.25) is 0 Å². The van der Waals surface area contributed by atoms with Crippen LogP contribution in [0.5, 0.6) is 5.75 Å². The van der Waals surface area contributed by atoms with E-state index in [9.17, 15) is 9.59 Å². The molecule has 0 bridgehead atoms. The van der Waals surface area contributed by atoms with E-state index < -0.39 is 0 Å². The van der Waals surface area contributed by atoms with E-state index in [-0.39, 0.29) is 17.6 Å². The SMILES string of the molecule is C=CCn1c(SCC(=O)Nc2ccc(C(=O)OCCCC)cc2)nnc1-c1ccccc1OC. The Morgan fingerprint density at radius 1 is 1.15 bits per heavy atom. The largest absolute Gasteiger partial charge is 0.496 e. The third-order valence-corrected chi connectivity index (χ3v) is 5.81. The van der Waals surface area contributed by atoms with Gasteiger partial charge in [0.2, 0.25) is 5.91 Å². The predicted octanol–water partition coefficient (Wildman–Crippen LogP) is 4.83. The van der Waals surface area contributed by atoms with Crippen molar-refractivity contribution in [3.05, 3.63) is 66.7 Å². The molecular weight excluding hydrogens is 452 g/mol. The van der Waals surface area contributed by atoms with Gasteiger partial charge in [0.25, 0.3) is 0 Å². The number of thioether (sulfide) groups is 1. The molecule has 3 aromatic rings. The molecule has 0 aliphatic heterocycles. The van der Waals surface area contributed by atoms with Crippen LogP contribution in [0.3, 0.4) is 0 Å². The van der Waals surface area contributed by atoms with E-state index in [1.54, 1.807) is 37.5 Å². The molecule has 0 spiro atoms. The summed E-state index contributed by atoms with van der Waals surface area (Å²) in [6.07, 6.45) is 3.54. The van der Waals surface area contributed by atoms with E-state index in [2.05, 4.69) is 22.1 Å². The summed E-state index contributed by atoms with van der Waals surface area (Å²) in [6.45, 7) is 6.74. The van der Waals surface area contributed by atoms with Crippen molar-refractivity contribution in [3.8, 4) is 17.1 Å². The summed E-state index contributed by atoms with van der Waals surface area (Å²) in [6, 6.07) is 14.2. The Morgan fingerprint density at radius 3 is 2.62 bits per heavy atom. The Labute approximate surface area is 203 Å². The number of methoxy groups -OCH3 is 1. The van der Waals surface area contributed by atoms with E-state index in [1.807, 2.05) is 35.8 Å². The van der Waals surface area contributed by atoms with Crippen LogP contribution in [0.4, 0.5) is 5.69 Å². The lowest BCUT2D eigenvalue weighted by Gasteiger charge is -2.10. The molecule has 0 radical (unpaired) electrons. The van der Waals surface area contributed by atoms with Crippen molar-refractivity contribution in [2.24, 2.45) is 0 Å². The minimum atomic E-state index is -0.366. The number of ether oxygens (including phenoxy) is 2. The number of rotatable bonds is 12. The standard InChI is InChI=1S/C25H28N4O4S/c1-4-6-16-33-24(31)18-11-13-19(14-12-18)26-22(30)17-34-25-28-27-23(29(25)15-5-2)20-9-7-8-10-21(20)32-3/h5,7-14H,2,4,6,15-17H2,1,3H3,(H,26,30). The van der Waals surface area contributed by atoms with Gasteiger partial charge in [-0.3, -0.25) is 9.36 Å². The number of carbonyl (C=O) groups excluding carboxylic acids is 2. The van der Waals surface area contributed by atoms with Crippen LogP contribution in [0.25, 0.3) is 11.4 Å². The van der Waals surface area contributed by atoms with Crippen LogP contribution >= 0.6 is 11.8 Å². The van der Waals surface area contributed by atoms with Crippen LogP contribution in [0.15, 0.2) is 66.3 Å². The molecule has 0 fully saturated rings. The second-order valence-corrected chi connectivity index (χ2v) is 8.25. The van der Waals surface area contributed by atoms with Gasteiger partial charge < -0.3 is 14.8 Å².